The molecule has 0 atom stereocenters. The topological polar surface area (TPSA) is 16.4 Å². The van der Waals surface area contributed by atoms with Crippen molar-refractivity contribution in [3.05, 3.63) is 236 Å². The number of hydrogen-bond acceptors (Lipinski definition) is 2. The van der Waals surface area contributed by atoms with Crippen molar-refractivity contribution < 1.29 is 4.42 Å². The summed E-state index contributed by atoms with van der Waals surface area (Å²) in [6.07, 6.45) is 6.42. The summed E-state index contributed by atoms with van der Waals surface area (Å²) in [4.78, 5) is 2.49. The fraction of sp³-hybridized carbons (Fsp3) is 0.0938. The summed E-state index contributed by atoms with van der Waals surface area (Å²) in [6, 6.07) is 84.2. The van der Waals surface area contributed by atoms with Gasteiger partial charge >= 0.3 is 0 Å². The molecule has 12 rings (SSSR count). The minimum absolute atomic E-state index is 0.564. The van der Waals surface area contributed by atoms with Gasteiger partial charge in [0, 0.05) is 27.6 Å². The summed E-state index contributed by atoms with van der Waals surface area (Å²) in [5.41, 5.74) is 18.5. The van der Waals surface area contributed by atoms with Crippen molar-refractivity contribution in [2.45, 2.75) is 38.0 Å². The summed E-state index contributed by atoms with van der Waals surface area (Å²) < 4.78 is 6.47. The van der Waals surface area contributed by atoms with Crippen LogP contribution < -0.4 is 4.90 Å². The maximum absolute atomic E-state index is 6.47. The van der Waals surface area contributed by atoms with Crippen LogP contribution in [0.1, 0.15) is 43.6 Å². The van der Waals surface area contributed by atoms with Gasteiger partial charge in [-0.3, -0.25) is 0 Å². The Labute approximate surface area is 387 Å². The monoisotopic (exact) mass is 847 g/mol. The first-order valence-corrected chi connectivity index (χ1v) is 23.5. The quantitative estimate of drug-likeness (QED) is 0.144. The van der Waals surface area contributed by atoms with Crippen molar-refractivity contribution in [3.8, 4) is 55.6 Å². The number of benzene rings is 10. The van der Waals surface area contributed by atoms with Crippen molar-refractivity contribution in [3.63, 3.8) is 0 Å². The third-order valence-corrected chi connectivity index (χ3v) is 13.9. The number of furan rings is 1. The molecule has 316 valence electrons. The first kappa shape index (κ1) is 39.6. The predicted molar refractivity (Wildman–Crippen MR) is 279 cm³/mol. The Kier molecular flexibility index (Phi) is 10.3. The van der Waals surface area contributed by atoms with Crippen LogP contribution in [0, 0.1) is 0 Å². The van der Waals surface area contributed by atoms with Gasteiger partial charge in [-0.2, -0.15) is 0 Å². The van der Waals surface area contributed by atoms with Crippen LogP contribution in [0.3, 0.4) is 0 Å². The van der Waals surface area contributed by atoms with Gasteiger partial charge in [0.25, 0.3) is 0 Å². The number of para-hydroxylation sites is 3. The summed E-state index contributed by atoms with van der Waals surface area (Å²) in [7, 11) is 0. The maximum atomic E-state index is 6.47. The number of fused-ring (bicyclic) bond motifs is 4. The van der Waals surface area contributed by atoms with Gasteiger partial charge < -0.3 is 9.32 Å². The molecule has 0 bridgehead atoms. The number of rotatable bonds is 9. The van der Waals surface area contributed by atoms with Crippen LogP contribution in [-0.4, -0.2) is 0 Å². The SMILES string of the molecule is c1ccc(-c2ccc(-c3ccc(N(c4ccccc4-c4cccc5cccc(C6CCCCC6)c45)c4ccccc4-c4cccc5oc6ccccc6c45)cc3)cc2-c2ccccc2)cc1. The van der Waals surface area contributed by atoms with Gasteiger partial charge in [0.2, 0.25) is 0 Å². The number of nitrogens with zero attached hydrogens (tertiary/aromatic N) is 1. The Bertz CT molecular complexity index is 3500. The van der Waals surface area contributed by atoms with Gasteiger partial charge in [0.05, 0.1) is 11.4 Å². The van der Waals surface area contributed by atoms with Crippen molar-refractivity contribution >= 4 is 49.8 Å². The lowest BCUT2D eigenvalue weighted by Crippen LogP contribution is -2.12. The lowest BCUT2D eigenvalue weighted by atomic mass is 9.80. The van der Waals surface area contributed by atoms with Crippen LogP contribution in [0.15, 0.2) is 235 Å². The van der Waals surface area contributed by atoms with Crippen molar-refractivity contribution in [1.29, 1.82) is 0 Å². The van der Waals surface area contributed by atoms with Gasteiger partial charge in [-0.15, -0.1) is 0 Å². The summed E-state index contributed by atoms with van der Waals surface area (Å²) >= 11 is 0. The number of anilines is 3. The van der Waals surface area contributed by atoms with Gasteiger partial charge in [-0.05, 0) is 122 Å². The highest BCUT2D eigenvalue weighted by atomic mass is 16.3. The second kappa shape index (κ2) is 17.2. The fourth-order valence-corrected chi connectivity index (χ4v) is 10.8. The molecule has 1 aromatic heterocycles. The Morgan fingerprint density at radius 1 is 0.348 bits per heavy atom. The average molecular weight is 848 g/mol. The molecule has 0 unspecified atom stereocenters. The van der Waals surface area contributed by atoms with E-state index in [1.54, 1.807) is 0 Å². The van der Waals surface area contributed by atoms with Gasteiger partial charge in [-0.25, -0.2) is 0 Å². The minimum Gasteiger partial charge on any atom is -0.456 e. The van der Waals surface area contributed by atoms with Gasteiger partial charge in [0.1, 0.15) is 11.2 Å². The largest absolute Gasteiger partial charge is 0.456 e. The molecule has 1 aliphatic rings. The van der Waals surface area contributed by atoms with E-state index in [9.17, 15) is 0 Å². The molecule has 0 spiro atoms. The van der Waals surface area contributed by atoms with E-state index >= 15 is 0 Å². The smallest absolute Gasteiger partial charge is 0.136 e. The Morgan fingerprint density at radius 3 is 1.61 bits per heavy atom. The van der Waals surface area contributed by atoms with E-state index in [0.717, 1.165) is 55.7 Å². The maximum Gasteiger partial charge on any atom is 0.136 e. The molecule has 1 fully saturated rings. The second-order valence-corrected chi connectivity index (χ2v) is 17.8. The van der Waals surface area contributed by atoms with Crippen LogP contribution >= 0.6 is 0 Å². The Hall–Kier alpha value is -7.94. The first-order valence-electron chi connectivity index (χ1n) is 23.5. The number of hydrogen-bond donors (Lipinski definition) is 0. The zero-order valence-corrected chi connectivity index (χ0v) is 36.9. The highest BCUT2D eigenvalue weighted by Gasteiger charge is 2.25. The van der Waals surface area contributed by atoms with E-state index in [0.29, 0.717) is 5.92 Å². The molecule has 66 heavy (non-hydrogen) atoms. The fourth-order valence-electron chi connectivity index (χ4n) is 10.8. The molecule has 1 heterocycles. The molecule has 11 aromatic rings. The predicted octanol–water partition coefficient (Wildman–Crippen LogP) is 18.6. The van der Waals surface area contributed by atoms with Gasteiger partial charge in [-0.1, -0.05) is 207 Å². The molecule has 0 saturated heterocycles. The summed E-state index contributed by atoms with van der Waals surface area (Å²) in [5, 5.41) is 4.93. The van der Waals surface area contributed by atoms with E-state index in [1.165, 1.54) is 87.4 Å². The molecule has 0 amide bonds. The van der Waals surface area contributed by atoms with Crippen LogP contribution in [0.5, 0.6) is 0 Å². The summed E-state index contributed by atoms with van der Waals surface area (Å²) in [6.45, 7) is 0. The van der Waals surface area contributed by atoms with Crippen LogP contribution in [0.2, 0.25) is 0 Å². The van der Waals surface area contributed by atoms with Crippen molar-refractivity contribution in [1.82, 2.24) is 0 Å². The second-order valence-electron chi connectivity index (χ2n) is 17.8. The van der Waals surface area contributed by atoms with Crippen molar-refractivity contribution in [2.75, 3.05) is 4.90 Å². The van der Waals surface area contributed by atoms with E-state index in [1.807, 2.05) is 6.07 Å². The zero-order chi connectivity index (χ0) is 43.8. The lowest BCUT2D eigenvalue weighted by Gasteiger charge is -2.31. The third kappa shape index (κ3) is 7.16. The molecule has 2 heteroatoms. The molecule has 1 aliphatic carbocycles. The average Bonchev–Trinajstić information content (AvgIpc) is 3.79. The van der Waals surface area contributed by atoms with Crippen LogP contribution in [-0.2, 0) is 0 Å². The van der Waals surface area contributed by atoms with E-state index in [2.05, 4.69) is 229 Å². The molecule has 0 N–H and O–H groups in total. The van der Waals surface area contributed by atoms with Gasteiger partial charge in [0.15, 0.2) is 0 Å². The molecular weight excluding hydrogens is 799 g/mol. The van der Waals surface area contributed by atoms with E-state index in [-0.39, 0.29) is 0 Å². The lowest BCUT2D eigenvalue weighted by molar-refractivity contribution is 0.445. The Balaban J connectivity index is 1.06. The molecule has 0 aliphatic heterocycles. The first-order chi connectivity index (χ1) is 32.8. The minimum atomic E-state index is 0.564. The van der Waals surface area contributed by atoms with E-state index < -0.39 is 0 Å². The highest BCUT2D eigenvalue weighted by molar-refractivity contribution is 6.14. The van der Waals surface area contributed by atoms with Crippen LogP contribution in [0.25, 0.3) is 88.3 Å². The molecule has 10 aromatic carbocycles. The standard InChI is InChI=1S/C64H49NO/c1-4-19-45(20-5-1)51-42-39-49(43-58(51)47-23-8-3-9-24-47)44-37-40-50(41-38-44)65(60-34-14-11-28-54(60)56-32-18-36-62-64(56)57-29-12-15-35-61(57)66-62)59-33-13-10-27-53(59)55-31-17-26-48-25-16-30-52(63(48)55)46-21-6-2-7-22-46/h1,3-5,8-20,23-43,46H,2,6-7,21-22H2. The zero-order valence-electron chi connectivity index (χ0n) is 36.9. The van der Waals surface area contributed by atoms with Crippen molar-refractivity contribution in [2.24, 2.45) is 0 Å². The Morgan fingerprint density at radius 2 is 0.894 bits per heavy atom. The van der Waals surface area contributed by atoms with Crippen LogP contribution in [0.4, 0.5) is 17.1 Å². The highest BCUT2D eigenvalue weighted by Crippen LogP contribution is 2.49. The molecular formula is C64H49NO. The molecule has 2 nitrogen and oxygen atoms in total. The molecule has 0 radical (unpaired) electrons. The summed E-state index contributed by atoms with van der Waals surface area (Å²) in [5.74, 6) is 0.564. The van der Waals surface area contributed by atoms with E-state index in [4.69, 9.17) is 4.42 Å². The third-order valence-electron chi connectivity index (χ3n) is 13.9. The normalized spacial score (nSPS) is 13.1. The molecule has 1 saturated carbocycles.